The Morgan fingerprint density at radius 2 is 1.69 bits per heavy atom. The summed E-state index contributed by atoms with van der Waals surface area (Å²) in [6.07, 6.45) is 1.52. The van der Waals surface area contributed by atoms with Gasteiger partial charge in [0.25, 0.3) is 5.91 Å². The maximum Gasteiger partial charge on any atom is 0.254 e. The Balaban J connectivity index is 1.60. The minimum absolute atomic E-state index is 0.0852. The van der Waals surface area contributed by atoms with Gasteiger partial charge in [-0.1, -0.05) is 35.5 Å². The van der Waals surface area contributed by atoms with Crippen molar-refractivity contribution < 1.29 is 14.0 Å². The molecule has 0 spiro atoms. The molecular weight excluding hydrogens is 508 g/mol. The molecule has 0 unspecified atom stereocenters. The molecule has 200 valence electrons. The smallest absolute Gasteiger partial charge is 0.254 e. The van der Waals surface area contributed by atoms with Gasteiger partial charge in [-0.05, 0) is 88.1 Å². The molecule has 0 saturated heterocycles. The van der Waals surface area contributed by atoms with Crippen LogP contribution in [0.5, 0.6) is 0 Å². The highest BCUT2D eigenvalue weighted by Crippen LogP contribution is 2.41. The van der Waals surface area contributed by atoms with Gasteiger partial charge in [0.15, 0.2) is 0 Å². The number of aryl methyl sites for hydroxylation is 5. The van der Waals surface area contributed by atoms with Gasteiger partial charge in [-0.2, -0.15) is 5.26 Å². The van der Waals surface area contributed by atoms with Crippen molar-refractivity contribution >= 4 is 35.0 Å². The van der Waals surface area contributed by atoms with E-state index in [9.17, 15) is 14.9 Å². The van der Waals surface area contributed by atoms with E-state index in [1.54, 1.807) is 19.1 Å². The number of benzene rings is 2. The minimum atomic E-state index is -0.720. The van der Waals surface area contributed by atoms with Crippen molar-refractivity contribution in [3.63, 3.8) is 0 Å². The average molecular weight is 541 g/mol. The number of furan rings is 1. The maximum atomic E-state index is 13.7. The van der Waals surface area contributed by atoms with Crippen molar-refractivity contribution in [1.29, 1.82) is 5.26 Å². The zero-order valence-corrected chi connectivity index (χ0v) is 23.8. The van der Waals surface area contributed by atoms with Crippen LogP contribution in [0.3, 0.4) is 0 Å². The summed E-state index contributed by atoms with van der Waals surface area (Å²) in [7, 11) is 0. The fourth-order valence-corrected chi connectivity index (χ4v) is 5.67. The topological polar surface area (TPSA) is 107 Å². The SMILES string of the molecule is CC1=C(C(=O)Nc2c(C)cc(C)cc2C)[C@@H](c2ccco2)C(C#N)=C(SCC(=O)Nc2ccc(C)c(C)c2)N1. The summed E-state index contributed by atoms with van der Waals surface area (Å²) in [6, 6.07) is 15.6. The van der Waals surface area contributed by atoms with Gasteiger partial charge in [0.2, 0.25) is 5.91 Å². The lowest BCUT2D eigenvalue weighted by Gasteiger charge is -2.28. The number of carbonyl (C=O) groups is 2. The van der Waals surface area contributed by atoms with Crippen LogP contribution in [0.4, 0.5) is 11.4 Å². The molecule has 2 aromatic carbocycles. The largest absolute Gasteiger partial charge is 0.468 e. The second kappa shape index (κ2) is 11.7. The number of hydrogen-bond donors (Lipinski definition) is 3. The van der Waals surface area contributed by atoms with E-state index >= 15 is 0 Å². The van der Waals surface area contributed by atoms with Gasteiger partial charge in [-0.3, -0.25) is 9.59 Å². The van der Waals surface area contributed by atoms with Crippen LogP contribution in [0.1, 0.15) is 46.4 Å². The number of dihydropyridines is 1. The van der Waals surface area contributed by atoms with E-state index in [1.807, 2.05) is 65.0 Å². The standard InChI is InChI=1S/C31H32N4O3S/c1-17-12-20(4)29(21(5)13-17)35-30(37)27-22(6)33-31(24(15-32)28(27)25-8-7-11-38-25)39-16-26(36)34-23-10-9-18(2)19(3)14-23/h7-14,28,33H,16H2,1-6H3,(H,34,36)(H,35,37)/t28-/m1/s1. The van der Waals surface area contributed by atoms with E-state index in [-0.39, 0.29) is 17.6 Å². The van der Waals surface area contributed by atoms with E-state index in [2.05, 4.69) is 22.0 Å². The number of carbonyl (C=O) groups excluding carboxylic acids is 2. The number of anilines is 2. The van der Waals surface area contributed by atoms with Crippen molar-refractivity contribution in [1.82, 2.24) is 5.32 Å². The van der Waals surface area contributed by atoms with Crippen molar-refractivity contribution in [2.75, 3.05) is 16.4 Å². The fourth-order valence-electron chi connectivity index (χ4n) is 4.78. The lowest BCUT2D eigenvalue weighted by atomic mass is 9.85. The quantitative estimate of drug-likeness (QED) is 0.315. The average Bonchev–Trinajstić information content (AvgIpc) is 3.41. The lowest BCUT2D eigenvalue weighted by molar-refractivity contribution is -0.114. The van der Waals surface area contributed by atoms with E-state index in [4.69, 9.17) is 4.42 Å². The highest BCUT2D eigenvalue weighted by Gasteiger charge is 2.36. The van der Waals surface area contributed by atoms with Gasteiger partial charge in [0, 0.05) is 17.1 Å². The molecule has 0 saturated carbocycles. The number of rotatable bonds is 7. The molecule has 7 nitrogen and oxygen atoms in total. The molecule has 1 aliphatic heterocycles. The molecule has 3 aromatic rings. The molecule has 3 N–H and O–H groups in total. The van der Waals surface area contributed by atoms with Crippen LogP contribution in [0.2, 0.25) is 0 Å². The first-order valence-corrected chi connectivity index (χ1v) is 13.6. The number of nitrogens with zero attached hydrogens (tertiary/aromatic N) is 1. The lowest BCUT2D eigenvalue weighted by Crippen LogP contribution is -2.31. The molecule has 0 aliphatic carbocycles. The first kappa shape index (κ1) is 27.8. The van der Waals surface area contributed by atoms with Crippen LogP contribution in [0.15, 0.2) is 75.0 Å². The van der Waals surface area contributed by atoms with Crippen LogP contribution in [0.25, 0.3) is 0 Å². The van der Waals surface area contributed by atoms with Crippen molar-refractivity contribution in [2.45, 2.75) is 47.5 Å². The second-order valence-electron chi connectivity index (χ2n) is 9.83. The van der Waals surface area contributed by atoms with Crippen LogP contribution >= 0.6 is 11.8 Å². The van der Waals surface area contributed by atoms with E-state index < -0.39 is 5.92 Å². The molecule has 8 heteroatoms. The molecule has 2 amide bonds. The molecule has 39 heavy (non-hydrogen) atoms. The van der Waals surface area contributed by atoms with E-state index in [0.717, 1.165) is 39.2 Å². The van der Waals surface area contributed by atoms with Gasteiger partial charge >= 0.3 is 0 Å². The molecule has 0 fully saturated rings. The second-order valence-corrected chi connectivity index (χ2v) is 10.8. The first-order valence-electron chi connectivity index (χ1n) is 12.6. The number of thioether (sulfide) groups is 1. The summed E-state index contributed by atoms with van der Waals surface area (Å²) >= 11 is 1.22. The van der Waals surface area contributed by atoms with Crippen molar-refractivity contribution in [2.24, 2.45) is 0 Å². The number of nitriles is 1. The fraction of sp³-hybridized carbons (Fsp3) is 0.258. The van der Waals surface area contributed by atoms with Gasteiger partial charge in [0.05, 0.1) is 40.2 Å². The van der Waals surface area contributed by atoms with E-state index in [1.165, 1.54) is 18.0 Å². The first-order chi connectivity index (χ1) is 18.6. The molecule has 1 atom stereocenters. The van der Waals surface area contributed by atoms with E-state index in [0.29, 0.717) is 27.6 Å². The minimum Gasteiger partial charge on any atom is -0.468 e. The zero-order chi connectivity index (χ0) is 28.3. The monoisotopic (exact) mass is 540 g/mol. The maximum absolute atomic E-state index is 13.7. The number of hydrogen-bond acceptors (Lipinski definition) is 6. The predicted octanol–water partition coefficient (Wildman–Crippen LogP) is 6.53. The Bertz CT molecular complexity index is 1520. The molecule has 0 bridgehead atoms. The van der Waals surface area contributed by atoms with Crippen LogP contribution in [0, 0.1) is 45.9 Å². The number of amides is 2. The molecule has 0 radical (unpaired) electrons. The van der Waals surface area contributed by atoms with Gasteiger partial charge in [-0.25, -0.2) is 0 Å². The Hall–Kier alpha value is -4.22. The summed E-state index contributed by atoms with van der Waals surface area (Å²) in [5.41, 5.74) is 8.04. The summed E-state index contributed by atoms with van der Waals surface area (Å²) in [4.78, 5) is 26.4. The Morgan fingerprint density at radius 3 is 2.31 bits per heavy atom. The van der Waals surface area contributed by atoms with Gasteiger partial charge in [0.1, 0.15) is 5.76 Å². The number of allylic oxidation sites excluding steroid dienone is 2. The Morgan fingerprint density at radius 1 is 0.974 bits per heavy atom. The molecule has 1 aromatic heterocycles. The normalized spacial score (nSPS) is 15.1. The third-order valence-electron chi connectivity index (χ3n) is 6.77. The van der Waals surface area contributed by atoms with Gasteiger partial charge in [-0.15, -0.1) is 0 Å². The zero-order valence-electron chi connectivity index (χ0n) is 23.0. The predicted molar refractivity (Wildman–Crippen MR) is 156 cm³/mol. The van der Waals surface area contributed by atoms with Crippen molar-refractivity contribution in [3.05, 3.63) is 104 Å². The van der Waals surface area contributed by atoms with Crippen molar-refractivity contribution in [3.8, 4) is 6.07 Å². The summed E-state index contributed by atoms with van der Waals surface area (Å²) in [5.74, 6) is -0.669. The third kappa shape index (κ3) is 6.10. The Labute approximate surface area is 233 Å². The Kier molecular flexibility index (Phi) is 8.32. The molecule has 1 aliphatic rings. The number of nitrogens with one attached hydrogen (secondary N) is 3. The highest BCUT2D eigenvalue weighted by atomic mass is 32.2. The molecular formula is C31H32N4O3S. The van der Waals surface area contributed by atoms with Gasteiger partial charge < -0.3 is 20.4 Å². The molecule has 2 heterocycles. The highest BCUT2D eigenvalue weighted by molar-refractivity contribution is 8.03. The van der Waals surface area contributed by atoms with Crippen LogP contribution < -0.4 is 16.0 Å². The van der Waals surface area contributed by atoms with Crippen LogP contribution in [-0.4, -0.2) is 17.6 Å². The summed E-state index contributed by atoms with van der Waals surface area (Å²) in [5, 5.41) is 19.9. The van der Waals surface area contributed by atoms with Crippen LogP contribution in [-0.2, 0) is 9.59 Å². The summed E-state index contributed by atoms with van der Waals surface area (Å²) < 4.78 is 5.71. The molecule has 4 rings (SSSR count). The third-order valence-corrected chi connectivity index (χ3v) is 7.79. The summed E-state index contributed by atoms with van der Waals surface area (Å²) in [6.45, 7) is 11.7.